The van der Waals surface area contributed by atoms with Crippen LogP contribution >= 0.6 is 0 Å². The van der Waals surface area contributed by atoms with E-state index in [1.165, 1.54) is 105 Å². The van der Waals surface area contributed by atoms with Crippen LogP contribution in [-0.2, 0) is 0 Å². The molecule has 2 nitrogen and oxygen atoms in total. The van der Waals surface area contributed by atoms with Crippen LogP contribution in [0.25, 0.3) is 83.1 Å². The molecule has 0 unspecified atom stereocenters. The number of rotatable bonds is 6. The second-order valence-electron chi connectivity index (χ2n) is 16.6. The summed E-state index contributed by atoms with van der Waals surface area (Å²) in [6.07, 6.45) is 0. The lowest BCUT2D eigenvalue weighted by atomic mass is 9.34. The summed E-state index contributed by atoms with van der Waals surface area (Å²) in [4.78, 5) is 0. The van der Waals surface area contributed by atoms with Gasteiger partial charge in [-0.15, -0.1) is 0 Å². The molecule has 0 fully saturated rings. The first-order chi connectivity index (χ1) is 29.6. The number of aromatic nitrogens is 1. The molecule has 0 spiro atoms. The van der Waals surface area contributed by atoms with E-state index in [4.69, 9.17) is 4.74 Å². The van der Waals surface area contributed by atoms with E-state index in [0.717, 1.165) is 11.5 Å². The molecule has 12 rings (SSSR count). The van der Waals surface area contributed by atoms with Gasteiger partial charge in [0.1, 0.15) is 11.5 Å². The Kier molecular flexibility index (Phi) is 7.86. The number of hydrogen-bond acceptors (Lipinski definition) is 1. The van der Waals surface area contributed by atoms with Crippen molar-refractivity contribution >= 4 is 44.9 Å². The molecule has 0 atom stereocenters. The Hall–Kier alpha value is -7.36. The number of fused-ring (bicyclic) bond motifs is 7. The molecule has 0 saturated heterocycles. The Morgan fingerprint density at radius 2 is 0.950 bits per heavy atom. The van der Waals surface area contributed by atoms with Gasteiger partial charge in [0.05, 0.1) is 5.52 Å². The lowest BCUT2D eigenvalue weighted by molar-refractivity contribution is 0.486. The number of hydrogen-bond donors (Lipinski definition) is 0. The Balaban J connectivity index is 1.20. The van der Waals surface area contributed by atoms with E-state index in [2.05, 4.69) is 219 Å². The lowest BCUT2D eigenvalue weighted by Gasteiger charge is -2.34. The van der Waals surface area contributed by atoms with Crippen molar-refractivity contribution in [3.8, 4) is 72.8 Å². The molecular weight excluding hydrogens is 725 g/mol. The summed E-state index contributed by atoms with van der Waals surface area (Å²) in [6.45, 7) is 4.52. The Morgan fingerprint density at radius 3 is 1.58 bits per heavy atom. The highest BCUT2D eigenvalue weighted by molar-refractivity contribution is 6.99. The number of nitrogens with zero attached hydrogens (tertiary/aromatic N) is 1. The quantitative estimate of drug-likeness (QED) is 0.154. The second-order valence-corrected chi connectivity index (χ2v) is 16.6. The fourth-order valence-corrected chi connectivity index (χ4v) is 9.98. The van der Waals surface area contributed by atoms with Crippen LogP contribution in [0.2, 0.25) is 0 Å². The van der Waals surface area contributed by atoms with E-state index in [-0.39, 0.29) is 6.71 Å². The van der Waals surface area contributed by atoms with Crippen molar-refractivity contribution in [1.82, 2.24) is 4.57 Å². The van der Waals surface area contributed by atoms with E-state index in [0.29, 0.717) is 5.92 Å². The van der Waals surface area contributed by atoms with Gasteiger partial charge in [-0.05, 0) is 120 Å². The molecule has 10 aromatic rings. The smallest absolute Gasteiger partial charge is 0.256 e. The monoisotopic (exact) mass is 765 g/mol. The fraction of sp³-hybridized carbons (Fsp3) is 0.0526. The zero-order valence-corrected chi connectivity index (χ0v) is 33.6. The fourth-order valence-electron chi connectivity index (χ4n) is 9.98. The molecule has 0 saturated carbocycles. The molecule has 0 radical (unpaired) electrons. The highest BCUT2D eigenvalue weighted by Crippen LogP contribution is 2.44. The number of benzene rings is 9. The molecule has 0 N–H and O–H groups in total. The molecule has 0 amide bonds. The minimum absolute atomic E-state index is 0.0370. The molecule has 2 aliphatic heterocycles. The summed E-state index contributed by atoms with van der Waals surface area (Å²) in [5.41, 5.74) is 20.8. The van der Waals surface area contributed by atoms with E-state index >= 15 is 0 Å². The van der Waals surface area contributed by atoms with Crippen LogP contribution in [-0.4, -0.2) is 11.3 Å². The third kappa shape index (κ3) is 5.36. The lowest BCUT2D eigenvalue weighted by Crippen LogP contribution is -2.58. The van der Waals surface area contributed by atoms with Gasteiger partial charge in [-0.1, -0.05) is 178 Å². The van der Waals surface area contributed by atoms with E-state index < -0.39 is 0 Å². The van der Waals surface area contributed by atoms with Crippen LogP contribution in [0.3, 0.4) is 0 Å². The third-order valence-electron chi connectivity index (χ3n) is 12.8. The van der Waals surface area contributed by atoms with Crippen molar-refractivity contribution in [2.75, 3.05) is 0 Å². The van der Waals surface area contributed by atoms with Gasteiger partial charge in [0, 0.05) is 22.0 Å². The van der Waals surface area contributed by atoms with E-state index in [1.807, 2.05) is 0 Å². The molecule has 282 valence electrons. The van der Waals surface area contributed by atoms with E-state index in [1.54, 1.807) is 0 Å². The Morgan fingerprint density at radius 1 is 0.417 bits per heavy atom. The summed E-state index contributed by atoms with van der Waals surface area (Å²) in [6, 6.07) is 73.6. The Labute approximate surface area is 351 Å². The van der Waals surface area contributed by atoms with Gasteiger partial charge in [0.2, 0.25) is 0 Å². The molecule has 3 heterocycles. The van der Waals surface area contributed by atoms with Crippen molar-refractivity contribution < 1.29 is 4.74 Å². The Bertz CT molecular complexity index is 3310. The minimum atomic E-state index is -0.0370. The van der Waals surface area contributed by atoms with Crippen molar-refractivity contribution in [2.45, 2.75) is 19.8 Å². The molecule has 1 aromatic heterocycles. The summed E-state index contributed by atoms with van der Waals surface area (Å²) in [5.74, 6) is 2.20. The summed E-state index contributed by atoms with van der Waals surface area (Å²) in [7, 11) is 0. The first-order valence-corrected chi connectivity index (χ1v) is 21.1. The van der Waals surface area contributed by atoms with Crippen molar-refractivity contribution in [3.05, 3.63) is 206 Å². The molecule has 2 aliphatic rings. The molecule has 0 aliphatic carbocycles. The van der Waals surface area contributed by atoms with Crippen LogP contribution in [0.15, 0.2) is 200 Å². The van der Waals surface area contributed by atoms with Gasteiger partial charge in [0.25, 0.3) is 6.71 Å². The van der Waals surface area contributed by atoms with Crippen molar-refractivity contribution in [2.24, 2.45) is 0 Å². The SMILES string of the molecule is CC(C)c1cc2c3c(c1)-n1c4ccc(-c5ccccc5-c5ccccc5)cc4c4cc(-c5ccccc5-c5ccccc5)cc(c41)B3c1cc(-c3ccccc3)ccc1O2. The molecule has 3 heteroatoms. The van der Waals surface area contributed by atoms with Crippen LogP contribution in [0.5, 0.6) is 11.5 Å². The first-order valence-electron chi connectivity index (χ1n) is 21.1. The zero-order chi connectivity index (χ0) is 39.9. The maximum atomic E-state index is 7.02. The van der Waals surface area contributed by atoms with Crippen LogP contribution in [0, 0.1) is 0 Å². The van der Waals surface area contributed by atoms with Gasteiger partial charge in [-0.3, -0.25) is 0 Å². The van der Waals surface area contributed by atoms with Gasteiger partial charge in [0.15, 0.2) is 0 Å². The predicted octanol–water partition coefficient (Wildman–Crippen LogP) is 13.2. The maximum absolute atomic E-state index is 7.02. The standard InChI is InChI=1S/C57H40BNO/c1-36(2)42-34-53-56-55(35-42)60-54-29-27-40(37-16-6-3-7-17-37)32-50(54)58(56)51-33-43(47-25-15-13-23-45(47)39-20-10-5-11-21-39)31-49-48-30-41(26-28-52(48)59(53)57(49)51)46-24-14-12-22-44(46)38-18-8-4-9-19-38/h3-36H,1-2H3. The summed E-state index contributed by atoms with van der Waals surface area (Å²) >= 11 is 0. The largest absolute Gasteiger partial charge is 0.458 e. The second kappa shape index (κ2) is 13.6. The van der Waals surface area contributed by atoms with Crippen LogP contribution in [0.4, 0.5) is 0 Å². The number of ether oxygens (including phenoxy) is 1. The van der Waals surface area contributed by atoms with Crippen LogP contribution < -0.4 is 21.1 Å². The van der Waals surface area contributed by atoms with Gasteiger partial charge < -0.3 is 9.30 Å². The molecule has 0 bridgehead atoms. The highest BCUT2D eigenvalue weighted by atomic mass is 16.5. The van der Waals surface area contributed by atoms with Gasteiger partial charge in [-0.25, -0.2) is 0 Å². The maximum Gasteiger partial charge on any atom is 0.256 e. The highest BCUT2D eigenvalue weighted by Gasteiger charge is 2.41. The minimum Gasteiger partial charge on any atom is -0.458 e. The zero-order valence-electron chi connectivity index (χ0n) is 33.6. The summed E-state index contributed by atoms with van der Waals surface area (Å²) < 4.78 is 9.57. The predicted molar refractivity (Wildman–Crippen MR) is 253 cm³/mol. The average Bonchev–Trinajstić information content (AvgIpc) is 3.64. The average molecular weight is 766 g/mol. The first kappa shape index (κ1) is 34.7. The van der Waals surface area contributed by atoms with Crippen molar-refractivity contribution in [3.63, 3.8) is 0 Å². The van der Waals surface area contributed by atoms with Gasteiger partial charge >= 0.3 is 0 Å². The van der Waals surface area contributed by atoms with Crippen LogP contribution in [0.1, 0.15) is 25.3 Å². The topological polar surface area (TPSA) is 14.2 Å². The molecular formula is C57H40BNO. The molecule has 60 heavy (non-hydrogen) atoms. The molecule has 9 aromatic carbocycles. The summed E-state index contributed by atoms with van der Waals surface area (Å²) in [5, 5.41) is 2.50. The third-order valence-corrected chi connectivity index (χ3v) is 12.8. The normalized spacial score (nSPS) is 12.4. The van der Waals surface area contributed by atoms with E-state index in [9.17, 15) is 0 Å². The van der Waals surface area contributed by atoms with Gasteiger partial charge in [-0.2, -0.15) is 0 Å². The van der Waals surface area contributed by atoms with Crippen molar-refractivity contribution in [1.29, 1.82) is 0 Å².